The lowest BCUT2D eigenvalue weighted by atomic mass is 10.1. The minimum atomic E-state index is -0.367. The second-order valence-corrected chi connectivity index (χ2v) is 9.60. The predicted octanol–water partition coefficient (Wildman–Crippen LogP) is 6.81. The van der Waals surface area contributed by atoms with Crippen LogP contribution in [-0.4, -0.2) is 25.3 Å². The summed E-state index contributed by atoms with van der Waals surface area (Å²) in [4.78, 5) is 13.7. The first-order valence-electron chi connectivity index (χ1n) is 12.0. The van der Waals surface area contributed by atoms with Gasteiger partial charge in [0.15, 0.2) is 6.61 Å². The normalized spacial score (nSPS) is 13.1. The van der Waals surface area contributed by atoms with Crippen LogP contribution in [-0.2, 0) is 9.53 Å². The third-order valence-electron chi connectivity index (χ3n) is 5.64. The molecule has 4 rings (SSSR count). The third-order valence-corrected chi connectivity index (χ3v) is 6.60. The van der Waals surface area contributed by atoms with E-state index in [4.69, 9.17) is 14.2 Å². The molecule has 0 aliphatic heterocycles. The highest BCUT2D eigenvalue weighted by atomic mass is 32.2. The summed E-state index contributed by atoms with van der Waals surface area (Å²) in [6.45, 7) is 4.01. The Bertz CT molecular complexity index is 1200. The van der Waals surface area contributed by atoms with Gasteiger partial charge in [-0.05, 0) is 93.6 Å². The molecule has 35 heavy (non-hydrogen) atoms. The van der Waals surface area contributed by atoms with Crippen LogP contribution in [0.5, 0.6) is 11.5 Å². The SMILES string of the molecule is CCOC(=O)COc1ccc(Sc2cc(C#Cc3ccccc3)cc(OC3CCCC3)c2)cc1C. The molecule has 3 aromatic carbocycles. The number of hydrogen-bond acceptors (Lipinski definition) is 5. The van der Waals surface area contributed by atoms with Crippen LogP contribution < -0.4 is 9.47 Å². The monoisotopic (exact) mass is 486 g/mol. The number of benzene rings is 3. The summed E-state index contributed by atoms with van der Waals surface area (Å²) in [7, 11) is 0. The van der Waals surface area contributed by atoms with Crippen molar-refractivity contribution < 1.29 is 19.0 Å². The van der Waals surface area contributed by atoms with Crippen molar-refractivity contribution in [2.45, 2.75) is 55.4 Å². The van der Waals surface area contributed by atoms with Gasteiger partial charge in [0, 0.05) is 20.9 Å². The topological polar surface area (TPSA) is 44.8 Å². The van der Waals surface area contributed by atoms with Gasteiger partial charge >= 0.3 is 5.97 Å². The van der Waals surface area contributed by atoms with Gasteiger partial charge < -0.3 is 14.2 Å². The van der Waals surface area contributed by atoms with Gasteiger partial charge in [-0.15, -0.1) is 0 Å². The van der Waals surface area contributed by atoms with Crippen LogP contribution >= 0.6 is 11.8 Å². The van der Waals surface area contributed by atoms with Crippen molar-refractivity contribution in [1.29, 1.82) is 0 Å². The van der Waals surface area contributed by atoms with Gasteiger partial charge in [0.1, 0.15) is 11.5 Å². The van der Waals surface area contributed by atoms with E-state index in [0.717, 1.165) is 45.1 Å². The lowest BCUT2D eigenvalue weighted by Crippen LogP contribution is -2.14. The molecule has 4 nitrogen and oxygen atoms in total. The number of ether oxygens (including phenoxy) is 3. The fourth-order valence-corrected chi connectivity index (χ4v) is 4.96. The van der Waals surface area contributed by atoms with Gasteiger partial charge in [-0.1, -0.05) is 41.8 Å². The number of hydrogen-bond donors (Lipinski definition) is 0. The first kappa shape index (κ1) is 24.8. The van der Waals surface area contributed by atoms with Crippen LogP contribution in [0, 0.1) is 18.8 Å². The Morgan fingerprint density at radius 3 is 2.46 bits per heavy atom. The van der Waals surface area contributed by atoms with Crippen molar-refractivity contribution in [1.82, 2.24) is 0 Å². The van der Waals surface area contributed by atoms with E-state index < -0.39 is 0 Å². The second-order valence-electron chi connectivity index (χ2n) is 8.46. The van der Waals surface area contributed by atoms with Crippen molar-refractivity contribution >= 4 is 17.7 Å². The third kappa shape index (κ3) is 7.56. The van der Waals surface area contributed by atoms with Crippen molar-refractivity contribution in [2.24, 2.45) is 0 Å². The molecular weight excluding hydrogens is 456 g/mol. The minimum absolute atomic E-state index is 0.0921. The Balaban J connectivity index is 1.53. The quantitative estimate of drug-likeness (QED) is 0.259. The molecule has 0 atom stereocenters. The molecule has 0 amide bonds. The molecule has 0 unspecified atom stereocenters. The first-order valence-corrected chi connectivity index (χ1v) is 12.9. The van der Waals surface area contributed by atoms with E-state index in [2.05, 4.69) is 30.0 Å². The van der Waals surface area contributed by atoms with Crippen LogP contribution in [0.4, 0.5) is 0 Å². The Morgan fingerprint density at radius 1 is 0.943 bits per heavy atom. The van der Waals surface area contributed by atoms with E-state index in [1.807, 2.05) is 55.5 Å². The zero-order chi connectivity index (χ0) is 24.5. The number of carbonyl (C=O) groups is 1. The fraction of sp³-hybridized carbons (Fsp3) is 0.300. The molecule has 0 aromatic heterocycles. The zero-order valence-electron chi connectivity index (χ0n) is 20.2. The predicted molar refractivity (Wildman–Crippen MR) is 139 cm³/mol. The second kappa shape index (κ2) is 12.4. The Kier molecular flexibility index (Phi) is 8.75. The zero-order valence-corrected chi connectivity index (χ0v) is 21.0. The lowest BCUT2D eigenvalue weighted by Gasteiger charge is -2.15. The molecule has 1 aliphatic carbocycles. The van der Waals surface area contributed by atoms with Crippen molar-refractivity contribution in [2.75, 3.05) is 13.2 Å². The molecule has 5 heteroatoms. The molecule has 0 radical (unpaired) electrons. The number of carbonyl (C=O) groups excluding carboxylic acids is 1. The highest BCUT2D eigenvalue weighted by molar-refractivity contribution is 7.99. The standard InChI is InChI=1S/C30H30O4S/c1-3-32-30(31)21-33-29-16-15-27(17-22(29)2)35-28-19-24(14-13-23-9-5-4-6-10-23)18-26(20-28)34-25-11-7-8-12-25/h4-6,9-10,15-20,25H,3,7-8,11-12,21H2,1-2H3. The fourth-order valence-electron chi connectivity index (χ4n) is 3.96. The van der Waals surface area contributed by atoms with E-state index in [1.54, 1.807) is 18.7 Å². The number of esters is 1. The Labute approximate surface area is 212 Å². The number of aryl methyl sites for hydroxylation is 1. The van der Waals surface area contributed by atoms with Crippen molar-refractivity contribution in [3.63, 3.8) is 0 Å². The summed E-state index contributed by atoms with van der Waals surface area (Å²) in [6, 6.07) is 22.2. The Hall–Kier alpha value is -3.36. The lowest BCUT2D eigenvalue weighted by molar-refractivity contribution is -0.145. The van der Waals surface area contributed by atoms with Gasteiger partial charge in [-0.3, -0.25) is 0 Å². The summed E-state index contributed by atoms with van der Waals surface area (Å²) < 4.78 is 16.9. The highest BCUT2D eigenvalue weighted by Crippen LogP contribution is 2.35. The molecule has 0 spiro atoms. The van der Waals surface area contributed by atoms with E-state index in [0.29, 0.717) is 12.4 Å². The van der Waals surface area contributed by atoms with Crippen LogP contribution in [0.15, 0.2) is 76.5 Å². The maximum Gasteiger partial charge on any atom is 0.344 e. The molecule has 0 bridgehead atoms. The van der Waals surface area contributed by atoms with E-state index in [-0.39, 0.29) is 18.7 Å². The summed E-state index contributed by atoms with van der Waals surface area (Å²) in [6.07, 6.45) is 4.94. The van der Waals surface area contributed by atoms with Crippen LogP contribution in [0.25, 0.3) is 0 Å². The highest BCUT2D eigenvalue weighted by Gasteiger charge is 2.17. The van der Waals surface area contributed by atoms with Gasteiger partial charge in [-0.2, -0.15) is 0 Å². The van der Waals surface area contributed by atoms with Gasteiger partial charge in [0.05, 0.1) is 12.7 Å². The molecule has 0 saturated heterocycles. The average Bonchev–Trinajstić information content (AvgIpc) is 3.36. The molecule has 1 saturated carbocycles. The van der Waals surface area contributed by atoms with Gasteiger partial charge in [0.25, 0.3) is 0 Å². The van der Waals surface area contributed by atoms with E-state index in [1.165, 1.54) is 12.8 Å². The summed E-state index contributed by atoms with van der Waals surface area (Å²) in [5.74, 6) is 7.73. The smallest absolute Gasteiger partial charge is 0.344 e. The summed E-state index contributed by atoms with van der Waals surface area (Å²) >= 11 is 1.66. The molecule has 0 heterocycles. The molecule has 1 fully saturated rings. The molecule has 180 valence electrons. The van der Waals surface area contributed by atoms with Crippen molar-refractivity contribution in [3.05, 3.63) is 83.4 Å². The molecule has 3 aromatic rings. The maximum atomic E-state index is 11.6. The molecule has 1 aliphatic rings. The maximum absolute atomic E-state index is 11.6. The number of rotatable bonds is 8. The molecular formula is C30H30O4S. The molecule has 0 N–H and O–H groups in total. The Morgan fingerprint density at radius 2 is 1.71 bits per heavy atom. The van der Waals surface area contributed by atoms with E-state index in [9.17, 15) is 4.79 Å². The largest absolute Gasteiger partial charge is 0.490 e. The summed E-state index contributed by atoms with van der Waals surface area (Å²) in [5, 5.41) is 0. The van der Waals surface area contributed by atoms with Crippen LogP contribution in [0.3, 0.4) is 0 Å². The average molecular weight is 487 g/mol. The minimum Gasteiger partial charge on any atom is -0.490 e. The van der Waals surface area contributed by atoms with Crippen LogP contribution in [0.1, 0.15) is 49.3 Å². The first-order chi connectivity index (χ1) is 17.1. The van der Waals surface area contributed by atoms with E-state index >= 15 is 0 Å². The van der Waals surface area contributed by atoms with Gasteiger partial charge in [-0.25, -0.2) is 4.79 Å². The van der Waals surface area contributed by atoms with Gasteiger partial charge in [0.2, 0.25) is 0 Å². The summed E-state index contributed by atoms with van der Waals surface area (Å²) in [5.41, 5.74) is 2.87. The van der Waals surface area contributed by atoms with Crippen LogP contribution in [0.2, 0.25) is 0 Å². The van der Waals surface area contributed by atoms with Crippen molar-refractivity contribution in [3.8, 4) is 23.3 Å².